The Kier molecular flexibility index (Phi) is 3.59. The summed E-state index contributed by atoms with van der Waals surface area (Å²) in [7, 11) is -3.76. The van der Waals surface area contributed by atoms with Gasteiger partial charge in [-0.25, -0.2) is 13.4 Å². The van der Waals surface area contributed by atoms with Gasteiger partial charge in [-0.1, -0.05) is 0 Å². The summed E-state index contributed by atoms with van der Waals surface area (Å²) in [5, 5.41) is 4.33. The van der Waals surface area contributed by atoms with Crippen molar-refractivity contribution in [3.8, 4) is 0 Å². The second-order valence-corrected chi connectivity index (χ2v) is 7.21. The van der Waals surface area contributed by atoms with Gasteiger partial charge in [-0.2, -0.15) is 5.10 Å². The number of rotatable bonds is 4. The number of anilines is 1. The predicted molar refractivity (Wildman–Crippen MR) is 85.9 cm³/mol. The van der Waals surface area contributed by atoms with Gasteiger partial charge in [-0.3, -0.25) is 18.8 Å². The van der Waals surface area contributed by atoms with E-state index in [0.717, 1.165) is 0 Å². The summed E-state index contributed by atoms with van der Waals surface area (Å²) in [4.78, 5) is 8.29. The van der Waals surface area contributed by atoms with Crippen molar-refractivity contribution in [2.75, 3.05) is 4.72 Å². The molecule has 1 N–H and O–H groups in total. The minimum absolute atomic E-state index is 0.0829. The number of nitrogens with zero attached hydrogens (tertiary/aromatic N) is 5. The lowest BCUT2D eigenvalue weighted by atomic mass is 10.3. The highest BCUT2D eigenvalue weighted by Gasteiger charge is 2.26. The topological polar surface area (TPSA) is 94.2 Å². The van der Waals surface area contributed by atoms with Gasteiger partial charge in [0.1, 0.15) is 10.7 Å². The molecule has 0 unspecified atom stereocenters. The minimum atomic E-state index is -3.76. The molecule has 0 aliphatic carbocycles. The van der Waals surface area contributed by atoms with Crippen molar-refractivity contribution in [1.82, 2.24) is 24.1 Å². The van der Waals surface area contributed by atoms with Gasteiger partial charge in [0.15, 0.2) is 5.65 Å². The highest BCUT2D eigenvalue weighted by Crippen LogP contribution is 2.24. The van der Waals surface area contributed by atoms with Crippen LogP contribution in [0.25, 0.3) is 5.65 Å². The minimum Gasteiger partial charge on any atom is -0.283 e. The van der Waals surface area contributed by atoms with Crippen LogP contribution < -0.4 is 4.72 Å². The van der Waals surface area contributed by atoms with Crippen LogP contribution in [0.1, 0.15) is 31.3 Å². The lowest BCUT2D eigenvalue weighted by Gasteiger charge is -2.10. The molecule has 3 aromatic heterocycles. The largest absolute Gasteiger partial charge is 0.283 e. The van der Waals surface area contributed by atoms with E-state index in [1.54, 1.807) is 41.5 Å². The zero-order valence-corrected chi connectivity index (χ0v) is 14.2. The number of sulfonamides is 1. The van der Waals surface area contributed by atoms with Gasteiger partial charge in [0, 0.05) is 18.4 Å². The molecule has 0 aliphatic heterocycles. The first-order valence-corrected chi connectivity index (χ1v) is 8.65. The van der Waals surface area contributed by atoms with E-state index in [9.17, 15) is 8.42 Å². The molecule has 0 radical (unpaired) electrons. The third-order valence-corrected chi connectivity index (χ3v) is 5.18. The van der Waals surface area contributed by atoms with Crippen LogP contribution >= 0.6 is 0 Å². The van der Waals surface area contributed by atoms with Gasteiger partial charge in [0.05, 0.1) is 23.8 Å². The summed E-state index contributed by atoms with van der Waals surface area (Å²) >= 11 is 0. The quantitative estimate of drug-likeness (QED) is 0.786. The van der Waals surface area contributed by atoms with Crippen molar-refractivity contribution in [3.05, 3.63) is 36.2 Å². The van der Waals surface area contributed by atoms with E-state index in [2.05, 4.69) is 19.8 Å². The third-order valence-electron chi connectivity index (χ3n) is 3.57. The standard InChI is InChI=1S/C14H18N6O2S/c1-9(2)20-11(4)14(10(3)17-20)23(21,22)18-13-8-16-12-7-15-5-6-19(12)13/h5-9,18H,1-4H3. The molecule has 0 amide bonds. The normalized spacial score (nSPS) is 12.2. The molecule has 0 aliphatic rings. The number of aromatic nitrogens is 5. The molecule has 23 heavy (non-hydrogen) atoms. The summed E-state index contributed by atoms with van der Waals surface area (Å²) in [5.74, 6) is 0.360. The molecule has 0 aromatic carbocycles. The molecule has 9 heteroatoms. The van der Waals surface area contributed by atoms with E-state index in [-0.39, 0.29) is 10.9 Å². The molecule has 0 saturated heterocycles. The molecule has 8 nitrogen and oxygen atoms in total. The van der Waals surface area contributed by atoms with Gasteiger partial charge in [-0.05, 0) is 27.7 Å². The Labute approximate surface area is 134 Å². The third kappa shape index (κ3) is 2.56. The fourth-order valence-electron chi connectivity index (χ4n) is 2.65. The van der Waals surface area contributed by atoms with Crippen LogP contribution in [0.3, 0.4) is 0 Å². The van der Waals surface area contributed by atoms with Crippen molar-refractivity contribution in [2.45, 2.75) is 38.6 Å². The van der Waals surface area contributed by atoms with Crippen LogP contribution in [0.2, 0.25) is 0 Å². The second kappa shape index (κ2) is 5.34. The van der Waals surface area contributed by atoms with Gasteiger partial charge >= 0.3 is 0 Å². The maximum absolute atomic E-state index is 12.8. The van der Waals surface area contributed by atoms with Gasteiger partial charge in [-0.15, -0.1) is 0 Å². The smallest absolute Gasteiger partial charge is 0.266 e. The summed E-state index contributed by atoms with van der Waals surface area (Å²) in [5.41, 5.74) is 1.65. The number of aryl methyl sites for hydroxylation is 1. The zero-order valence-electron chi connectivity index (χ0n) is 13.3. The van der Waals surface area contributed by atoms with E-state index >= 15 is 0 Å². The monoisotopic (exact) mass is 334 g/mol. The molecule has 0 spiro atoms. The highest BCUT2D eigenvalue weighted by molar-refractivity contribution is 7.92. The van der Waals surface area contributed by atoms with Crippen molar-refractivity contribution in [1.29, 1.82) is 0 Å². The van der Waals surface area contributed by atoms with Crippen LogP contribution in [-0.2, 0) is 10.0 Å². The van der Waals surface area contributed by atoms with E-state index in [1.165, 1.54) is 6.20 Å². The summed E-state index contributed by atoms with van der Waals surface area (Å²) in [6, 6.07) is 0.0829. The van der Waals surface area contributed by atoms with Crippen LogP contribution in [-0.4, -0.2) is 32.6 Å². The number of hydrogen-bond acceptors (Lipinski definition) is 5. The SMILES string of the molecule is Cc1nn(C(C)C)c(C)c1S(=O)(=O)Nc1cnc2cnccn12. The summed E-state index contributed by atoms with van der Waals surface area (Å²) < 4.78 is 31.5. The van der Waals surface area contributed by atoms with Gasteiger partial charge in [0.2, 0.25) is 0 Å². The number of imidazole rings is 1. The molecule has 0 atom stereocenters. The number of nitrogens with one attached hydrogen (secondary N) is 1. The molecule has 3 rings (SSSR count). The maximum atomic E-state index is 12.8. The van der Waals surface area contributed by atoms with Crippen molar-refractivity contribution in [2.24, 2.45) is 0 Å². The first kappa shape index (κ1) is 15.5. The lowest BCUT2D eigenvalue weighted by Crippen LogP contribution is -2.16. The van der Waals surface area contributed by atoms with E-state index in [0.29, 0.717) is 22.9 Å². The molecule has 0 bridgehead atoms. The molecule has 3 heterocycles. The second-order valence-electron chi connectivity index (χ2n) is 5.59. The first-order chi connectivity index (χ1) is 10.8. The summed E-state index contributed by atoms with van der Waals surface area (Å²) in [6.07, 6.45) is 6.24. The Bertz CT molecular complexity index is 970. The predicted octanol–water partition coefficient (Wildman–Crippen LogP) is 1.92. The van der Waals surface area contributed by atoms with Gasteiger partial charge < -0.3 is 0 Å². The number of fused-ring (bicyclic) bond motifs is 1. The molecule has 0 saturated carbocycles. The average Bonchev–Trinajstić information content (AvgIpc) is 3.00. The van der Waals surface area contributed by atoms with Crippen LogP contribution in [0.4, 0.5) is 5.82 Å². The zero-order chi connectivity index (χ0) is 16.8. The average molecular weight is 334 g/mol. The van der Waals surface area contributed by atoms with Crippen molar-refractivity contribution >= 4 is 21.5 Å². The van der Waals surface area contributed by atoms with Crippen LogP contribution in [0, 0.1) is 13.8 Å². The van der Waals surface area contributed by atoms with E-state index < -0.39 is 10.0 Å². The van der Waals surface area contributed by atoms with Crippen molar-refractivity contribution in [3.63, 3.8) is 0 Å². The number of hydrogen-bond donors (Lipinski definition) is 1. The maximum Gasteiger partial charge on any atom is 0.266 e. The highest BCUT2D eigenvalue weighted by atomic mass is 32.2. The Balaban J connectivity index is 2.06. The fourth-order valence-corrected chi connectivity index (χ4v) is 4.09. The van der Waals surface area contributed by atoms with E-state index in [4.69, 9.17) is 0 Å². The molecule has 0 fully saturated rings. The molecular formula is C14H18N6O2S. The Morgan fingerprint density at radius 1 is 1.22 bits per heavy atom. The fraction of sp³-hybridized carbons (Fsp3) is 0.357. The Hall–Kier alpha value is -2.42. The molecular weight excluding hydrogens is 316 g/mol. The van der Waals surface area contributed by atoms with Crippen LogP contribution in [0.5, 0.6) is 0 Å². The molecule has 122 valence electrons. The Morgan fingerprint density at radius 2 is 1.96 bits per heavy atom. The van der Waals surface area contributed by atoms with Crippen LogP contribution in [0.15, 0.2) is 29.7 Å². The first-order valence-electron chi connectivity index (χ1n) is 7.17. The summed E-state index contributed by atoms with van der Waals surface area (Å²) in [6.45, 7) is 7.37. The Morgan fingerprint density at radius 3 is 2.61 bits per heavy atom. The molecule has 3 aromatic rings. The van der Waals surface area contributed by atoms with Gasteiger partial charge in [0.25, 0.3) is 10.0 Å². The lowest BCUT2D eigenvalue weighted by molar-refractivity contribution is 0.514. The van der Waals surface area contributed by atoms with E-state index in [1.807, 2.05) is 13.8 Å². The van der Waals surface area contributed by atoms with Crippen molar-refractivity contribution < 1.29 is 8.42 Å².